The van der Waals surface area contributed by atoms with Gasteiger partial charge in [-0.25, -0.2) is 4.98 Å². The number of aryl methyl sites for hydroxylation is 1. The zero-order valence-electron chi connectivity index (χ0n) is 13.7. The lowest BCUT2D eigenvalue weighted by molar-refractivity contribution is 0.406. The van der Waals surface area contributed by atoms with Gasteiger partial charge in [0, 0.05) is 11.1 Å². The Bertz CT molecular complexity index is 577. The van der Waals surface area contributed by atoms with E-state index < -0.39 is 0 Å². The number of benzene rings is 1. The average molecular weight is 285 g/mol. The molecule has 0 atom stereocenters. The molecule has 0 fully saturated rings. The van der Waals surface area contributed by atoms with Crippen molar-refractivity contribution in [2.75, 3.05) is 5.73 Å². The van der Waals surface area contributed by atoms with Gasteiger partial charge in [-0.2, -0.15) is 0 Å². The van der Waals surface area contributed by atoms with E-state index in [1.165, 1.54) is 12.8 Å². The summed E-state index contributed by atoms with van der Waals surface area (Å²) in [7, 11) is 0. The lowest BCUT2D eigenvalue weighted by atomic mass is 10.1. The fourth-order valence-electron chi connectivity index (χ4n) is 2.66. The first-order valence-electron chi connectivity index (χ1n) is 7.88. The maximum Gasteiger partial charge on any atom is 0.142 e. The van der Waals surface area contributed by atoms with Gasteiger partial charge >= 0.3 is 0 Å². The first-order valence-corrected chi connectivity index (χ1v) is 7.88. The van der Waals surface area contributed by atoms with Gasteiger partial charge in [-0.15, -0.1) is 0 Å². The normalized spacial score (nSPS) is 11.8. The number of anilines is 1. The van der Waals surface area contributed by atoms with E-state index in [4.69, 9.17) is 10.7 Å². The highest BCUT2D eigenvalue weighted by Gasteiger charge is 2.24. The second kappa shape index (κ2) is 6.33. The van der Waals surface area contributed by atoms with Crippen molar-refractivity contribution in [2.24, 2.45) is 0 Å². The second-order valence-electron chi connectivity index (χ2n) is 6.60. The first-order chi connectivity index (χ1) is 9.95. The van der Waals surface area contributed by atoms with E-state index in [-0.39, 0.29) is 5.54 Å². The van der Waals surface area contributed by atoms with E-state index in [1.54, 1.807) is 0 Å². The number of hydrogen-bond acceptors (Lipinski definition) is 2. The minimum atomic E-state index is -0.0781. The van der Waals surface area contributed by atoms with Gasteiger partial charge in [-0.05, 0) is 33.6 Å². The van der Waals surface area contributed by atoms with Gasteiger partial charge in [0.2, 0.25) is 0 Å². The molecule has 0 aliphatic carbocycles. The summed E-state index contributed by atoms with van der Waals surface area (Å²) in [6.45, 7) is 8.74. The molecular formula is C18H27N3. The molecule has 0 saturated heterocycles. The second-order valence-corrected chi connectivity index (χ2v) is 6.60. The topological polar surface area (TPSA) is 43.8 Å². The minimum Gasteiger partial charge on any atom is -0.384 e. The summed E-state index contributed by atoms with van der Waals surface area (Å²) in [4.78, 5) is 4.86. The highest BCUT2D eigenvalue weighted by molar-refractivity contribution is 5.61. The lowest BCUT2D eigenvalue weighted by Crippen LogP contribution is -2.24. The highest BCUT2D eigenvalue weighted by Crippen LogP contribution is 2.31. The van der Waals surface area contributed by atoms with Crippen LogP contribution in [0.5, 0.6) is 0 Å². The summed E-state index contributed by atoms with van der Waals surface area (Å²) >= 11 is 0. The third-order valence-corrected chi connectivity index (χ3v) is 3.71. The molecule has 1 heterocycles. The number of unbranched alkanes of at least 4 members (excludes halogenated alkanes) is 2. The van der Waals surface area contributed by atoms with Crippen LogP contribution in [0.4, 0.5) is 5.82 Å². The smallest absolute Gasteiger partial charge is 0.142 e. The van der Waals surface area contributed by atoms with Gasteiger partial charge in [0.1, 0.15) is 11.6 Å². The Labute approximate surface area is 128 Å². The molecule has 114 valence electrons. The predicted molar refractivity (Wildman–Crippen MR) is 90.3 cm³/mol. The Morgan fingerprint density at radius 1 is 1.10 bits per heavy atom. The summed E-state index contributed by atoms with van der Waals surface area (Å²) in [5, 5.41) is 0. The molecule has 0 unspecified atom stereocenters. The van der Waals surface area contributed by atoms with Crippen molar-refractivity contribution in [3.05, 3.63) is 36.0 Å². The van der Waals surface area contributed by atoms with Crippen molar-refractivity contribution >= 4 is 5.82 Å². The molecule has 1 aromatic carbocycles. The van der Waals surface area contributed by atoms with E-state index in [0.717, 1.165) is 35.7 Å². The number of nitrogen functional groups attached to an aromatic ring is 1. The van der Waals surface area contributed by atoms with E-state index in [0.29, 0.717) is 0 Å². The molecule has 3 nitrogen and oxygen atoms in total. The zero-order valence-corrected chi connectivity index (χ0v) is 13.7. The Balaban J connectivity index is 2.46. The van der Waals surface area contributed by atoms with Crippen LogP contribution in [0, 0.1) is 0 Å². The molecular weight excluding hydrogens is 258 g/mol. The monoisotopic (exact) mass is 285 g/mol. The molecule has 3 heteroatoms. The Morgan fingerprint density at radius 3 is 2.33 bits per heavy atom. The Morgan fingerprint density at radius 2 is 1.76 bits per heavy atom. The molecule has 0 amide bonds. The van der Waals surface area contributed by atoms with Crippen LogP contribution < -0.4 is 5.73 Å². The van der Waals surface area contributed by atoms with Crippen molar-refractivity contribution in [3.63, 3.8) is 0 Å². The Kier molecular flexibility index (Phi) is 4.71. The molecule has 2 aromatic rings. The van der Waals surface area contributed by atoms with E-state index in [9.17, 15) is 0 Å². The fraction of sp³-hybridized carbons (Fsp3) is 0.500. The van der Waals surface area contributed by atoms with E-state index in [1.807, 2.05) is 18.2 Å². The quantitative estimate of drug-likeness (QED) is 0.815. The van der Waals surface area contributed by atoms with Crippen LogP contribution >= 0.6 is 0 Å². The number of rotatable bonds is 5. The number of nitrogens with two attached hydrogens (primary N) is 1. The third-order valence-electron chi connectivity index (χ3n) is 3.71. The van der Waals surface area contributed by atoms with Gasteiger partial charge in [-0.3, -0.25) is 0 Å². The summed E-state index contributed by atoms with van der Waals surface area (Å²) in [5.41, 5.74) is 8.50. The standard InChI is InChI=1S/C18H27N3/c1-5-6-8-13-15-16(19)21(18(2,3)4)17(20-15)14-11-9-7-10-12-14/h7,9-12H,5-6,8,13,19H2,1-4H3. The maximum atomic E-state index is 6.41. The minimum absolute atomic E-state index is 0.0781. The van der Waals surface area contributed by atoms with Crippen LogP contribution in [0.3, 0.4) is 0 Å². The van der Waals surface area contributed by atoms with Crippen molar-refractivity contribution in [1.82, 2.24) is 9.55 Å². The lowest BCUT2D eigenvalue weighted by Gasteiger charge is -2.25. The first kappa shape index (κ1) is 15.6. The molecule has 21 heavy (non-hydrogen) atoms. The van der Waals surface area contributed by atoms with Crippen molar-refractivity contribution in [2.45, 2.75) is 58.9 Å². The highest BCUT2D eigenvalue weighted by atomic mass is 15.2. The summed E-state index contributed by atoms with van der Waals surface area (Å²) in [5.74, 6) is 1.80. The van der Waals surface area contributed by atoms with Gasteiger partial charge in [0.15, 0.2) is 0 Å². The molecule has 0 radical (unpaired) electrons. The summed E-state index contributed by atoms with van der Waals surface area (Å²) in [6, 6.07) is 10.3. The van der Waals surface area contributed by atoms with Crippen LogP contribution in [0.25, 0.3) is 11.4 Å². The maximum absolute atomic E-state index is 6.41. The predicted octanol–water partition coefficient (Wildman–Crippen LogP) is 4.62. The van der Waals surface area contributed by atoms with E-state index >= 15 is 0 Å². The van der Waals surface area contributed by atoms with Gasteiger partial charge in [0.25, 0.3) is 0 Å². The fourth-order valence-corrected chi connectivity index (χ4v) is 2.66. The van der Waals surface area contributed by atoms with Crippen LogP contribution in [0.1, 0.15) is 52.7 Å². The molecule has 0 bridgehead atoms. The number of imidazole rings is 1. The number of nitrogens with zero attached hydrogens (tertiary/aromatic N) is 2. The molecule has 0 aliphatic heterocycles. The van der Waals surface area contributed by atoms with E-state index in [2.05, 4.69) is 44.4 Å². The third kappa shape index (κ3) is 3.46. The average Bonchev–Trinajstić information content (AvgIpc) is 2.77. The SMILES string of the molecule is CCCCCc1nc(-c2ccccc2)n(C(C)(C)C)c1N. The van der Waals surface area contributed by atoms with Crippen molar-refractivity contribution < 1.29 is 0 Å². The zero-order chi connectivity index (χ0) is 15.5. The largest absolute Gasteiger partial charge is 0.384 e. The van der Waals surface area contributed by atoms with Crippen LogP contribution in [-0.4, -0.2) is 9.55 Å². The molecule has 2 rings (SSSR count). The summed E-state index contributed by atoms with van der Waals surface area (Å²) in [6.07, 6.45) is 4.55. The molecule has 1 aromatic heterocycles. The van der Waals surface area contributed by atoms with Gasteiger partial charge < -0.3 is 10.3 Å². The van der Waals surface area contributed by atoms with Crippen molar-refractivity contribution in [1.29, 1.82) is 0 Å². The molecule has 0 saturated carbocycles. The molecule has 0 aliphatic rings. The van der Waals surface area contributed by atoms with Gasteiger partial charge in [0.05, 0.1) is 5.69 Å². The molecule has 2 N–H and O–H groups in total. The summed E-state index contributed by atoms with van der Waals surface area (Å²) < 4.78 is 2.17. The Hall–Kier alpha value is -1.77. The van der Waals surface area contributed by atoms with Crippen LogP contribution in [0.15, 0.2) is 30.3 Å². The van der Waals surface area contributed by atoms with Crippen molar-refractivity contribution in [3.8, 4) is 11.4 Å². The van der Waals surface area contributed by atoms with Crippen LogP contribution in [-0.2, 0) is 12.0 Å². The van der Waals surface area contributed by atoms with Gasteiger partial charge in [-0.1, -0.05) is 50.1 Å². The number of hydrogen-bond donors (Lipinski definition) is 1. The number of aromatic nitrogens is 2. The van der Waals surface area contributed by atoms with Crippen LogP contribution in [0.2, 0.25) is 0 Å². The molecule has 0 spiro atoms.